The molecule has 2 N–H and O–H groups in total. The number of methoxy groups -OCH3 is 2. The van der Waals surface area contributed by atoms with E-state index in [0.717, 1.165) is 40.2 Å². The van der Waals surface area contributed by atoms with Crippen molar-refractivity contribution in [2.45, 2.75) is 12.7 Å². The number of benzene rings is 3. The molecule has 0 saturated heterocycles. The van der Waals surface area contributed by atoms with E-state index in [1.165, 1.54) is 5.56 Å². The van der Waals surface area contributed by atoms with Gasteiger partial charge in [0.15, 0.2) is 0 Å². The van der Waals surface area contributed by atoms with Gasteiger partial charge in [0, 0.05) is 38.0 Å². The minimum Gasteiger partial charge on any atom is -0.497 e. The summed E-state index contributed by atoms with van der Waals surface area (Å²) >= 11 is 0. The fourth-order valence-corrected chi connectivity index (χ4v) is 5.39. The van der Waals surface area contributed by atoms with Crippen LogP contribution >= 0.6 is 0 Å². The lowest BCUT2D eigenvalue weighted by Crippen LogP contribution is -2.33. The van der Waals surface area contributed by atoms with Crippen LogP contribution in [0.3, 0.4) is 0 Å². The summed E-state index contributed by atoms with van der Waals surface area (Å²) < 4.78 is 13.1. The minimum absolute atomic E-state index is 0.149. The van der Waals surface area contributed by atoms with E-state index in [2.05, 4.69) is 71.4 Å². The number of pyridine rings is 1. The molecule has 1 aliphatic rings. The molecule has 7 heteroatoms. The minimum atomic E-state index is -0.149. The Bertz CT molecular complexity index is 1560. The van der Waals surface area contributed by atoms with Gasteiger partial charge in [-0.2, -0.15) is 0 Å². The molecule has 3 aromatic carbocycles. The number of rotatable bonds is 6. The molecule has 0 aliphatic carbocycles. The van der Waals surface area contributed by atoms with E-state index < -0.39 is 0 Å². The largest absolute Gasteiger partial charge is 0.497 e. The first-order valence-corrected chi connectivity index (χ1v) is 12.2. The molecule has 186 valence electrons. The van der Waals surface area contributed by atoms with E-state index in [1.54, 1.807) is 14.2 Å². The summed E-state index contributed by atoms with van der Waals surface area (Å²) in [6, 6.07) is 28.8. The van der Waals surface area contributed by atoms with Crippen LogP contribution in [-0.2, 0) is 6.54 Å². The Morgan fingerprint density at radius 1 is 0.838 bits per heavy atom. The molecule has 0 spiro atoms. The zero-order valence-corrected chi connectivity index (χ0v) is 21.1. The highest BCUT2D eigenvalue weighted by Crippen LogP contribution is 2.49. The quantitative estimate of drug-likeness (QED) is 0.325. The zero-order chi connectivity index (χ0) is 25.5. The standard InChI is InChI=1S/C30H29N5O2/c1-33-24-12-7-8-13-25(24)34(19-20-10-5-4-6-11-20)30(33)27-28-26(14-9-15-32-28)35(29(27)31)21-16-22(36-2)18-23(17-21)37-3/h4-18,30H,19,31H2,1-3H3. The summed E-state index contributed by atoms with van der Waals surface area (Å²) in [5, 5.41) is 0. The van der Waals surface area contributed by atoms with Crippen molar-refractivity contribution >= 4 is 28.2 Å². The van der Waals surface area contributed by atoms with Gasteiger partial charge in [0.2, 0.25) is 0 Å². The van der Waals surface area contributed by atoms with Crippen LogP contribution in [-0.4, -0.2) is 30.8 Å². The van der Waals surface area contributed by atoms with Crippen LogP contribution in [0.5, 0.6) is 11.5 Å². The van der Waals surface area contributed by atoms with Crippen LogP contribution < -0.4 is 25.0 Å². The average molecular weight is 492 g/mol. The molecule has 0 amide bonds. The highest BCUT2D eigenvalue weighted by Gasteiger charge is 2.38. The van der Waals surface area contributed by atoms with Gasteiger partial charge in [-0.3, -0.25) is 9.55 Å². The van der Waals surface area contributed by atoms with E-state index in [4.69, 9.17) is 20.2 Å². The molecule has 0 bridgehead atoms. The van der Waals surface area contributed by atoms with E-state index in [0.29, 0.717) is 17.3 Å². The van der Waals surface area contributed by atoms with E-state index in [-0.39, 0.29) is 6.17 Å². The first kappa shape index (κ1) is 22.8. The Hall–Kier alpha value is -4.65. The van der Waals surface area contributed by atoms with Crippen molar-refractivity contribution in [3.8, 4) is 17.2 Å². The highest BCUT2D eigenvalue weighted by molar-refractivity contribution is 5.91. The number of anilines is 3. The monoisotopic (exact) mass is 491 g/mol. The third-order valence-corrected chi connectivity index (χ3v) is 7.08. The topological polar surface area (TPSA) is 68.8 Å². The predicted octanol–water partition coefficient (Wildman–Crippen LogP) is 5.78. The van der Waals surface area contributed by atoms with Crippen molar-refractivity contribution in [2.24, 2.45) is 0 Å². The Balaban J connectivity index is 1.57. The summed E-state index contributed by atoms with van der Waals surface area (Å²) in [7, 11) is 5.41. The number of nitrogen functional groups attached to an aromatic ring is 1. The van der Waals surface area contributed by atoms with Crippen molar-refractivity contribution in [1.82, 2.24) is 9.55 Å². The molecule has 2 aromatic heterocycles. The van der Waals surface area contributed by atoms with Crippen LogP contribution in [0.15, 0.2) is 91.1 Å². The van der Waals surface area contributed by atoms with E-state index >= 15 is 0 Å². The van der Waals surface area contributed by atoms with Crippen LogP contribution in [0.1, 0.15) is 17.3 Å². The maximum atomic E-state index is 7.05. The van der Waals surface area contributed by atoms with Crippen molar-refractivity contribution < 1.29 is 9.47 Å². The summed E-state index contributed by atoms with van der Waals surface area (Å²) in [6.07, 6.45) is 1.68. The number of fused-ring (bicyclic) bond motifs is 2. The van der Waals surface area contributed by atoms with Crippen molar-refractivity contribution in [3.63, 3.8) is 0 Å². The van der Waals surface area contributed by atoms with Gasteiger partial charge in [-0.1, -0.05) is 42.5 Å². The van der Waals surface area contributed by atoms with Gasteiger partial charge in [0.1, 0.15) is 23.5 Å². The molecule has 1 aliphatic heterocycles. The second kappa shape index (κ2) is 9.09. The highest BCUT2D eigenvalue weighted by atomic mass is 16.5. The Morgan fingerprint density at radius 2 is 1.51 bits per heavy atom. The predicted molar refractivity (Wildman–Crippen MR) is 149 cm³/mol. The summed E-state index contributed by atoms with van der Waals surface area (Å²) in [4.78, 5) is 9.53. The van der Waals surface area contributed by atoms with Crippen molar-refractivity contribution in [2.75, 3.05) is 36.8 Å². The summed E-state index contributed by atoms with van der Waals surface area (Å²) in [6.45, 7) is 0.735. The number of nitrogens with two attached hydrogens (primary N) is 1. The van der Waals surface area contributed by atoms with Crippen LogP contribution in [0.4, 0.5) is 17.2 Å². The van der Waals surface area contributed by atoms with Gasteiger partial charge >= 0.3 is 0 Å². The molecule has 0 saturated carbocycles. The molecular formula is C30H29N5O2. The number of hydrogen-bond donors (Lipinski definition) is 1. The van der Waals surface area contributed by atoms with Gasteiger partial charge in [0.05, 0.1) is 47.9 Å². The van der Waals surface area contributed by atoms with Gasteiger partial charge < -0.3 is 25.0 Å². The smallest absolute Gasteiger partial charge is 0.134 e. The molecule has 37 heavy (non-hydrogen) atoms. The molecule has 6 rings (SSSR count). The van der Waals surface area contributed by atoms with E-state index in [9.17, 15) is 0 Å². The molecule has 1 unspecified atom stereocenters. The number of nitrogens with zero attached hydrogens (tertiary/aromatic N) is 4. The SMILES string of the molecule is COc1cc(OC)cc(-n2c(N)c(C3N(C)c4ccccc4N3Cc3ccccc3)c3ncccc32)c1. The Labute approximate surface area is 216 Å². The third-order valence-electron chi connectivity index (χ3n) is 7.08. The average Bonchev–Trinajstić information content (AvgIpc) is 3.38. The number of para-hydroxylation sites is 2. The third kappa shape index (κ3) is 3.71. The summed E-state index contributed by atoms with van der Waals surface area (Å²) in [5.41, 5.74) is 14.2. The molecule has 3 heterocycles. The Morgan fingerprint density at radius 3 is 2.22 bits per heavy atom. The second-order valence-corrected chi connectivity index (χ2v) is 9.16. The number of ether oxygens (including phenoxy) is 2. The van der Waals surface area contributed by atoms with Crippen molar-refractivity contribution in [3.05, 3.63) is 102 Å². The van der Waals surface area contributed by atoms with Crippen LogP contribution in [0.25, 0.3) is 16.7 Å². The van der Waals surface area contributed by atoms with Gasteiger partial charge in [0.25, 0.3) is 0 Å². The van der Waals surface area contributed by atoms with Crippen LogP contribution in [0.2, 0.25) is 0 Å². The number of aromatic nitrogens is 2. The zero-order valence-electron chi connectivity index (χ0n) is 21.1. The molecule has 7 nitrogen and oxygen atoms in total. The lowest BCUT2D eigenvalue weighted by molar-refractivity contribution is 0.394. The van der Waals surface area contributed by atoms with Gasteiger partial charge in [-0.15, -0.1) is 0 Å². The van der Waals surface area contributed by atoms with E-state index in [1.807, 2.05) is 41.1 Å². The first-order chi connectivity index (χ1) is 18.1. The Kier molecular flexibility index (Phi) is 5.60. The molecule has 0 radical (unpaired) electrons. The molecule has 1 atom stereocenters. The molecular weight excluding hydrogens is 462 g/mol. The van der Waals surface area contributed by atoms with Crippen LogP contribution in [0, 0.1) is 0 Å². The summed E-state index contributed by atoms with van der Waals surface area (Å²) in [5.74, 6) is 2.01. The maximum Gasteiger partial charge on any atom is 0.134 e. The van der Waals surface area contributed by atoms with Gasteiger partial charge in [-0.05, 0) is 29.8 Å². The lowest BCUT2D eigenvalue weighted by Gasteiger charge is -2.31. The second-order valence-electron chi connectivity index (χ2n) is 9.16. The molecule has 5 aromatic rings. The molecule has 0 fully saturated rings. The fraction of sp³-hybridized carbons (Fsp3) is 0.167. The number of hydrogen-bond acceptors (Lipinski definition) is 6. The fourth-order valence-electron chi connectivity index (χ4n) is 5.39. The maximum absolute atomic E-state index is 7.05. The lowest BCUT2D eigenvalue weighted by atomic mass is 10.1. The van der Waals surface area contributed by atoms with Crippen molar-refractivity contribution in [1.29, 1.82) is 0 Å². The van der Waals surface area contributed by atoms with Gasteiger partial charge in [-0.25, -0.2) is 0 Å². The first-order valence-electron chi connectivity index (χ1n) is 12.2. The normalized spacial score (nSPS) is 14.7.